The predicted octanol–water partition coefficient (Wildman–Crippen LogP) is 3.56. The molecule has 0 bridgehead atoms. The van der Waals surface area contributed by atoms with E-state index in [1.54, 1.807) is 11.3 Å². The first-order valence-electron chi connectivity index (χ1n) is 5.90. The molecule has 1 heterocycles. The van der Waals surface area contributed by atoms with Gasteiger partial charge in [0.2, 0.25) is 0 Å². The number of rotatable bonds is 6. The number of thiophene rings is 1. The van der Waals surface area contributed by atoms with Gasteiger partial charge in [0, 0.05) is 13.1 Å². The third kappa shape index (κ3) is 4.17. The molecule has 2 nitrogen and oxygen atoms in total. The zero-order valence-corrected chi connectivity index (χ0v) is 11.8. The molecular weight excluding hydrogens is 286 g/mol. The van der Waals surface area contributed by atoms with Gasteiger partial charge in [-0.1, -0.05) is 12.8 Å². The lowest BCUT2D eigenvalue weighted by atomic mass is 10.3. The highest BCUT2D eigenvalue weighted by Crippen LogP contribution is 2.21. The van der Waals surface area contributed by atoms with E-state index in [4.69, 9.17) is 4.74 Å². The van der Waals surface area contributed by atoms with Crippen LogP contribution in [0.3, 0.4) is 0 Å². The zero-order valence-electron chi connectivity index (χ0n) is 9.38. The Balaban J connectivity index is 1.51. The van der Waals surface area contributed by atoms with Crippen LogP contribution < -0.4 is 5.32 Å². The lowest BCUT2D eigenvalue weighted by molar-refractivity contribution is 0.0603. The third-order valence-corrected chi connectivity index (χ3v) is 4.44. The van der Waals surface area contributed by atoms with Gasteiger partial charge in [0.1, 0.15) is 0 Å². The van der Waals surface area contributed by atoms with Gasteiger partial charge in [-0.2, -0.15) is 0 Å². The molecule has 1 aliphatic rings. The minimum atomic E-state index is 0.539. The van der Waals surface area contributed by atoms with Crippen molar-refractivity contribution >= 4 is 27.3 Å². The fourth-order valence-electron chi connectivity index (χ4n) is 2.02. The molecule has 4 heteroatoms. The number of nitrogens with one attached hydrogen (secondary N) is 1. The van der Waals surface area contributed by atoms with Gasteiger partial charge in [-0.25, -0.2) is 0 Å². The summed E-state index contributed by atoms with van der Waals surface area (Å²) in [4.78, 5) is 0. The topological polar surface area (TPSA) is 21.3 Å². The summed E-state index contributed by atoms with van der Waals surface area (Å²) in [5.74, 6) is 0. The van der Waals surface area contributed by atoms with E-state index in [1.165, 1.54) is 35.0 Å². The number of halogens is 1. The second kappa shape index (κ2) is 6.74. The number of hydrogen-bond donors (Lipinski definition) is 1. The van der Waals surface area contributed by atoms with Gasteiger partial charge in [0.25, 0.3) is 0 Å². The Hall–Kier alpha value is 0.1000. The zero-order chi connectivity index (χ0) is 11.2. The molecule has 0 saturated heterocycles. The van der Waals surface area contributed by atoms with Crippen LogP contribution in [-0.2, 0) is 11.3 Å². The summed E-state index contributed by atoms with van der Waals surface area (Å²) in [5, 5.41) is 5.58. The molecule has 1 aromatic rings. The van der Waals surface area contributed by atoms with Gasteiger partial charge in [-0.3, -0.25) is 0 Å². The van der Waals surface area contributed by atoms with Crippen molar-refractivity contribution in [2.24, 2.45) is 0 Å². The third-order valence-electron chi connectivity index (χ3n) is 2.89. The van der Waals surface area contributed by atoms with Crippen molar-refractivity contribution < 1.29 is 4.74 Å². The maximum atomic E-state index is 5.78. The molecular formula is C12H18BrNOS. The van der Waals surface area contributed by atoms with Crippen LogP contribution in [-0.4, -0.2) is 19.3 Å². The van der Waals surface area contributed by atoms with Crippen molar-refractivity contribution in [3.63, 3.8) is 0 Å². The summed E-state index contributed by atoms with van der Waals surface area (Å²) in [7, 11) is 0. The maximum Gasteiger partial charge on any atom is 0.0701 e. The average molecular weight is 304 g/mol. The summed E-state index contributed by atoms with van der Waals surface area (Å²) in [5.41, 5.74) is 1.35. The Labute approximate surface area is 110 Å². The first-order chi connectivity index (χ1) is 7.84. The summed E-state index contributed by atoms with van der Waals surface area (Å²) in [6.45, 7) is 2.73. The molecule has 0 aromatic carbocycles. The van der Waals surface area contributed by atoms with E-state index in [9.17, 15) is 0 Å². The highest BCUT2D eigenvalue weighted by molar-refractivity contribution is 9.11. The van der Waals surface area contributed by atoms with E-state index in [0.29, 0.717) is 6.10 Å². The fourth-order valence-corrected chi connectivity index (χ4v) is 3.23. The molecule has 90 valence electrons. The molecule has 2 rings (SSSR count). The van der Waals surface area contributed by atoms with Crippen molar-refractivity contribution in [3.8, 4) is 0 Å². The van der Waals surface area contributed by atoms with Gasteiger partial charge in [0.05, 0.1) is 16.5 Å². The van der Waals surface area contributed by atoms with Crippen molar-refractivity contribution in [2.45, 2.75) is 38.3 Å². The lowest BCUT2D eigenvalue weighted by Gasteiger charge is -2.11. The SMILES string of the molecule is Brc1cc(CNCCOC2CCCC2)cs1. The molecule has 16 heavy (non-hydrogen) atoms. The Morgan fingerprint density at radius 1 is 1.44 bits per heavy atom. The molecule has 0 spiro atoms. The van der Waals surface area contributed by atoms with Gasteiger partial charge in [-0.15, -0.1) is 11.3 Å². The molecule has 0 unspecified atom stereocenters. The van der Waals surface area contributed by atoms with Crippen LogP contribution in [0.15, 0.2) is 15.2 Å². The monoisotopic (exact) mass is 303 g/mol. The van der Waals surface area contributed by atoms with Crippen LogP contribution in [0.4, 0.5) is 0 Å². The lowest BCUT2D eigenvalue weighted by Crippen LogP contribution is -2.21. The van der Waals surface area contributed by atoms with E-state index >= 15 is 0 Å². The van der Waals surface area contributed by atoms with Crippen LogP contribution in [0.25, 0.3) is 0 Å². The molecule has 1 fully saturated rings. The van der Waals surface area contributed by atoms with Gasteiger partial charge >= 0.3 is 0 Å². The Morgan fingerprint density at radius 3 is 2.94 bits per heavy atom. The van der Waals surface area contributed by atoms with Gasteiger partial charge in [-0.05, 0) is 45.8 Å². The number of hydrogen-bond acceptors (Lipinski definition) is 3. The van der Waals surface area contributed by atoms with Crippen molar-refractivity contribution in [2.75, 3.05) is 13.2 Å². The molecule has 1 saturated carbocycles. The van der Waals surface area contributed by atoms with E-state index in [0.717, 1.165) is 19.7 Å². The molecule has 1 N–H and O–H groups in total. The molecule has 0 aliphatic heterocycles. The largest absolute Gasteiger partial charge is 0.377 e. The van der Waals surface area contributed by atoms with E-state index in [2.05, 4.69) is 32.7 Å². The normalized spacial score (nSPS) is 17.1. The average Bonchev–Trinajstić information content (AvgIpc) is 2.89. The summed E-state index contributed by atoms with van der Waals surface area (Å²) >= 11 is 5.20. The molecule has 1 aliphatic carbocycles. The van der Waals surface area contributed by atoms with E-state index in [-0.39, 0.29) is 0 Å². The molecule has 0 radical (unpaired) electrons. The highest BCUT2D eigenvalue weighted by Gasteiger charge is 2.14. The van der Waals surface area contributed by atoms with Crippen LogP contribution in [0.1, 0.15) is 31.2 Å². The van der Waals surface area contributed by atoms with E-state index in [1.807, 2.05) is 0 Å². The van der Waals surface area contributed by atoms with Crippen molar-refractivity contribution in [1.29, 1.82) is 0 Å². The fraction of sp³-hybridized carbons (Fsp3) is 0.667. The van der Waals surface area contributed by atoms with Gasteiger partial charge < -0.3 is 10.1 Å². The minimum absolute atomic E-state index is 0.539. The Kier molecular flexibility index (Phi) is 5.29. The predicted molar refractivity (Wildman–Crippen MR) is 71.9 cm³/mol. The Morgan fingerprint density at radius 2 is 2.25 bits per heavy atom. The molecule has 1 aromatic heterocycles. The van der Waals surface area contributed by atoms with Crippen LogP contribution in [0.5, 0.6) is 0 Å². The first kappa shape index (κ1) is 12.6. The van der Waals surface area contributed by atoms with Crippen LogP contribution in [0.2, 0.25) is 0 Å². The van der Waals surface area contributed by atoms with Crippen LogP contribution in [0, 0.1) is 0 Å². The van der Waals surface area contributed by atoms with Crippen molar-refractivity contribution in [3.05, 3.63) is 20.8 Å². The van der Waals surface area contributed by atoms with Gasteiger partial charge in [0.15, 0.2) is 0 Å². The summed E-state index contributed by atoms with van der Waals surface area (Å²) in [6.07, 6.45) is 5.76. The molecule has 0 atom stereocenters. The second-order valence-corrected chi connectivity index (χ2v) is 6.50. The van der Waals surface area contributed by atoms with E-state index < -0.39 is 0 Å². The minimum Gasteiger partial charge on any atom is -0.377 e. The standard InChI is InChI=1S/C12H18BrNOS/c13-12-7-10(9-16-12)8-14-5-6-15-11-3-1-2-4-11/h7,9,11,14H,1-6,8H2. The molecule has 0 amide bonds. The Bertz CT molecular complexity index is 310. The second-order valence-electron chi connectivity index (χ2n) is 4.21. The quantitative estimate of drug-likeness (QED) is 0.811. The summed E-state index contributed by atoms with van der Waals surface area (Å²) in [6, 6.07) is 2.16. The number of ether oxygens (including phenoxy) is 1. The van der Waals surface area contributed by atoms with Crippen LogP contribution >= 0.6 is 27.3 Å². The summed E-state index contributed by atoms with van der Waals surface area (Å²) < 4.78 is 6.98. The smallest absolute Gasteiger partial charge is 0.0701 e. The highest BCUT2D eigenvalue weighted by atomic mass is 79.9. The first-order valence-corrected chi connectivity index (χ1v) is 7.57. The maximum absolute atomic E-state index is 5.78. The van der Waals surface area contributed by atoms with Crippen molar-refractivity contribution in [1.82, 2.24) is 5.32 Å².